The quantitative estimate of drug-likeness (QED) is 0.931. The first kappa shape index (κ1) is 13.0. The highest BCUT2D eigenvalue weighted by Gasteiger charge is 2.19. The molecule has 0 radical (unpaired) electrons. The number of fused-ring (bicyclic) bond motifs is 1. The minimum Gasteiger partial charge on any atom is -0.381 e. The molecule has 0 aliphatic carbocycles. The molecular weight excluding hydrogens is 256 g/mol. The summed E-state index contributed by atoms with van der Waals surface area (Å²) in [5, 5.41) is 3.65. The fourth-order valence-electron chi connectivity index (χ4n) is 2.67. The van der Waals surface area contributed by atoms with E-state index in [1.807, 2.05) is 5.51 Å². The van der Waals surface area contributed by atoms with Crippen molar-refractivity contribution < 1.29 is 4.74 Å². The van der Waals surface area contributed by atoms with E-state index in [1.165, 1.54) is 23.1 Å². The highest BCUT2D eigenvalue weighted by Crippen LogP contribution is 2.21. The fraction of sp³-hybridized carbons (Fsp3) is 0.533. The first-order valence-electron chi connectivity index (χ1n) is 6.96. The van der Waals surface area contributed by atoms with Crippen LogP contribution in [0.4, 0.5) is 0 Å². The Hall–Kier alpha value is -0.970. The molecule has 19 heavy (non-hydrogen) atoms. The fourth-order valence-corrected chi connectivity index (χ4v) is 3.33. The average Bonchev–Trinajstić information content (AvgIpc) is 2.93. The highest BCUT2D eigenvalue weighted by atomic mass is 32.1. The first-order chi connectivity index (χ1) is 9.33. The van der Waals surface area contributed by atoms with Gasteiger partial charge in [-0.2, -0.15) is 0 Å². The summed E-state index contributed by atoms with van der Waals surface area (Å²) in [6, 6.07) is 7.11. The summed E-state index contributed by atoms with van der Waals surface area (Å²) in [4.78, 5) is 4.37. The molecule has 0 spiro atoms. The van der Waals surface area contributed by atoms with Crippen molar-refractivity contribution in [3.05, 3.63) is 29.3 Å². The molecule has 3 nitrogen and oxygen atoms in total. The maximum atomic E-state index is 5.42. The molecule has 0 bridgehead atoms. The molecule has 102 valence electrons. The number of hydrogen-bond donors (Lipinski definition) is 1. The maximum Gasteiger partial charge on any atom is 0.0815 e. The van der Waals surface area contributed by atoms with E-state index in [2.05, 4.69) is 35.4 Å². The molecular formula is C15H20N2OS. The third-order valence-corrected chi connectivity index (χ3v) is 4.81. The third kappa shape index (κ3) is 3.14. The number of hydrogen-bond acceptors (Lipinski definition) is 4. The van der Waals surface area contributed by atoms with Crippen LogP contribution in [0.5, 0.6) is 0 Å². The molecule has 3 rings (SSSR count). The van der Waals surface area contributed by atoms with Crippen molar-refractivity contribution in [2.24, 2.45) is 5.92 Å². The van der Waals surface area contributed by atoms with Gasteiger partial charge < -0.3 is 10.1 Å². The molecule has 2 aromatic rings. The molecule has 0 saturated carbocycles. The van der Waals surface area contributed by atoms with Crippen LogP contribution in [0.1, 0.15) is 25.3 Å². The van der Waals surface area contributed by atoms with Crippen LogP contribution in [-0.2, 0) is 11.3 Å². The average molecular weight is 276 g/mol. The van der Waals surface area contributed by atoms with Crippen LogP contribution in [0.15, 0.2) is 23.7 Å². The smallest absolute Gasteiger partial charge is 0.0815 e. The van der Waals surface area contributed by atoms with Crippen LogP contribution in [0.2, 0.25) is 0 Å². The summed E-state index contributed by atoms with van der Waals surface area (Å²) in [5.74, 6) is 0.747. The first-order valence-corrected chi connectivity index (χ1v) is 7.84. The van der Waals surface area contributed by atoms with Crippen LogP contribution in [0.25, 0.3) is 10.2 Å². The van der Waals surface area contributed by atoms with Crippen LogP contribution in [0.3, 0.4) is 0 Å². The van der Waals surface area contributed by atoms with Crippen molar-refractivity contribution in [3.8, 4) is 0 Å². The Morgan fingerprint density at radius 2 is 2.26 bits per heavy atom. The zero-order chi connectivity index (χ0) is 13.1. The Morgan fingerprint density at radius 3 is 3.11 bits per heavy atom. The predicted octanol–water partition coefficient (Wildman–Crippen LogP) is 3.20. The third-order valence-electron chi connectivity index (χ3n) is 4.00. The molecule has 0 amide bonds. The Kier molecular flexibility index (Phi) is 4.11. The number of rotatable bonds is 4. The Morgan fingerprint density at radius 1 is 1.42 bits per heavy atom. The highest BCUT2D eigenvalue weighted by molar-refractivity contribution is 7.16. The summed E-state index contributed by atoms with van der Waals surface area (Å²) < 4.78 is 6.68. The summed E-state index contributed by atoms with van der Waals surface area (Å²) in [6.07, 6.45) is 2.36. The van der Waals surface area contributed by atoms with Crippen molar-refractivity contribution in [2.75, 3.05) is 13.2 Å². The van der Waals surface area contributed by atoms with Crippen LogP contribution in [0, 0.1) is 5.92 Å². The van der Waals surface area contributed by atoms with Gasteiger partial charge in [-0.25, -0.2) is 4.98 Å². The molecule has 2 heterocycles. The van der Waals surface area contributed by atoms with Crippen molar-refractivity contribution in [1.29, 1.82) is 0 Å². The number of nitrogens with zero attached hydrogens (tertiary/aromatic N) is 1. The van der Waals surface area contributed by atoms with Gasteiger partial charge in [0.05, 0.1) is 15.7 Å². The molecule has 1 atom stereocenters. The van der Waals surface area contributed by atoms with E-state index >= 15 is 0 Å². The van der Waals surface area contributed by atoms with Gasteiger partial charge in [-0.3, -0.25) is 0 Å². The van der Waals surface area contributed by atoms with Crippen LogP contribution in [-0.4, -0.2) is 24.2 Å². The van der Waals surface area contributed by atoms with Crippen LogP contribution < -0.4 is 5.32 Å². The number of ether oxygens (including phenoxy) is 1. The van der Waals surface area contributed by atoms with Gasteiger partial charge >= 0.3 is 0 Å². The van der Waals surface area contributed by atoms with Crippen molar-refractivity contribution in [1.82, 2.24) is 10.3 Å². The summed E-state index contributed by atoms with van der Waals surface area (Å²) in [6.45, 7) is 5.05. The van der Waals surface area contributed by atoms with Gasteiger partial charge in [0, 0.05) is 25.8 Å². The summed E-state index contributed by atoms with van der Waals surface area (Å²) >= 11 is 1.70. The Labute approximate surface area is 118 Å². The number of thiazole rings is 1. The van der Waals surface area contributed by atoms with Gasteiger partial charge in [0.1, 0.15) is 0 Å². The van der Waals surface area contributed by atoms with Crippen molar-refractivity contribution in [2.45, 2.75) is 32.4 Å². The molecule has 1 saturated heterocycles. The largest absolute Gasteiger partial charge is 0.381 e. The molecule has 1 aromatic carbocycles. The van der Waals surface area contributed by atoms with E-state index in [0.717, 1.165) is 31.2 Å². The lowest BCUT2D eigenvalue weighted by Crippen LogP contribution is -2.36. The molecule has 1 aliphatic heterocycles. The lowest BCUT2D eigenvalue weighted by Gasteiger charge is -2.28. The number of benzene rings is 1. The van der Waals surface area contributed by atoms with Crippen molar-refractivity contribution >= 4 is 21.6 Å². The molecule has 4 heteroatoms. The second-order valence-corrected chi connectivity index (χ2v) is 6.16. The molecule has 1 N–H and O–H groups in total. The normalized spacial score (nSPS) is 18.8. The SMILES string of the molecule is CC(NCc1ccc2scnc2c1)C1CCOCC1. The zero-order valence-corrected chi connectivity index (χ0v) is 12.1. The topological polar surface area (TPSA) is 34.2 Å². The van der Waals surface area contributed by atoms with E-state index in [-0.39, 0.29) is 0 Å². The molecule has 1 aliphatic rings. The van der Waals surface area contributed by atoms with Crippen molar-refractivity contribution in [3.63, 3.8) is 0 Å². The summed E-state index contributed by atoms with van der Waals surface area (Å²) in [5.41, 5.74) is 4.34. The van der Waals surface area contributed by atoms with Gasteiger partial charge in [-0.05, 0) is 43.4 Å². The second-order valence-electron chi connectivity index (χ2n) is 5.27. The minimum atomic E-state index is 0.551. The van der Waals surface area contributed by atoms with Gasteiger partial charge in [-0.15, -0.1) is 11.3 Å². The monoisotopic (exact) mass is 276 g/mol. The standard InChI is InChI=1S/C15H20N2OS/c1-11(13-4-6-18-7-5-13)16-9-12-2-3-15-14(8-12)17-10-19-15/h2-3,8,10-11,13,16H,4-7,9H2,1H3. The van der Waals surface area contributed by atoms with Gasteiger partial charge in [0.2, 0.25) is 0 Å². The van der Waals surface area contributed by atoms with Crippen LogP contribution >= 0.6 is 11.3 Å². The Bertz CT molecular complexity index is 534. The lowest BCUT2D eigenvalue weighted by atomic mass is 9.93. The summed E-state index contributed by atoms with van der Waals surface area (Å²) in [7, 11) is 0. The predicted molar refractivity (Wildman–Crippen MR) is 79.5 cm³/mol. The second kappa shape index (κ2) is 5.99. The molecule has 1 aromatic heterocycles. The zero-order valence-electron chi connectivity index (χ0n) is 11.3. The van der Waals surface area contributed by atoms with E-state index in [9.17, 15) is 0 Å². The minimum absolute atomic E-state index is 0.551. The lowest BCUT2D eigenvalue weighted by molar-refractivity contribution is 0.0558. The van der Waals surface area contributed by atoms with E-state index < -0.39 is 0 Å². The van der Waals surface area contributed by atoms with Gasteiger partial charge in [0.25, 0.3) is 0 Å². The van der Waals surface area contributed by atoms with E-state index in [4.69, 9.17) is 4.74 Å². The van der Waals surface area contributed by atoms with Gasteiger partial charge in [-0.1, -0.05) is 6.07 Å². The van der Waals surface area contributed by atoms with E-state index in [1.54, 1.807) is 11.3 Å². The molecule has 1 unspecified atom stereocenters. The molecule has 1 fully saturated rings. The van der Waals surface area contributed by atoms with E-state index in [0.29, 0.717) is 6.04 Å². The number of aromatic nitrogens is 1. The van der Waals surface area contributed by atoms with Gasteiger partial charge in [0.15, 0.2) is 0 Å². The Balaban J connectivity index is 1.58. The maximum absolute atomic E-state index is 5.42. The number of nitrogens with one attached hydrogen (secondary N) is 1.